The number of aromatic nitrogens is 1. The topological polar surface area (TPSA) is 150 Å². The number of carbonyl (C=O) groups is 1. The predicted octanol–water partition coefficient (Wildman–Crippen LogP) is 2.94. The Morgan fingerprint density at radius 1 is 1.24 bits per heavy atom. The van der Waals surface area contributed by atoms with Crippen LogP contribution in [0.1, 0.15) is 29.8 Å². The Hall–Kier alpha value is -3.24. The summed E-state index contributed by atoms with van der Waals surface area (Å²) in [6.07, 6.45) is 0. The van der Waals surface area contributed by atoms with Gasteiger partial charge in [-0.25, -0.2) is 13.1 Å². The normalized spacial score (nSPS) is 12.2. The van der Waals surface area contributed by atoms with Gasteiger partial charge in [-0.1, -0.05) is 12.1 Å². The van der Waals surface area contributed by atoms with E-state index in [1.54, 1.807) is 44.2 Å². The van der Waals surface area contributed by atoms with Crippen LogP contribution in [0.2, 0.25) is 0 Å². The molecule has 0 saturated heterocycles. The minimum absolute atomic E-state index is 0.0586. The molecular weight excluding hydrogens is 394 g/mol. The number of aromatic hydroxyl groups is 1. The van der Waals surface area contributed by atoms with E-state index in [-0.39, 0.29) is 29.0 Å². The number of hydrogen-bond donors (Lipinski definition) is 4. The molecule has 0 spiro atoms. The number of nitrogens with one attached hydrogen (secondary N) is 2. The van der Waals surface area contributed by atoms with Crippen LogP contribution < -0.4 is 10.5 Å². The minimum Gasteiger partial charge on any atom is -0.493 e. The Morgan fingerprint density at radius 3 is 2.69 bits per heavy atom. The van der Waals surface area contributed by atoms with Gasteiger partial charge >= 0.3 is 0 Å². The van der Waals surface area contributed by atoms with E-state index in [4.69, 9.17) is 5.73 Å². The molecule has 0 fully saturated rings. The second kappa shape index (κ2) is 8.02. The lowest BCUT2D eigenvalue weighted by atomic mass is 10.1. The summed E-state index contributed by atoms with van der Waals surface area (Å²) >= 11 is 0. The number of azo groups is 1. The van der Waals surface area contributed by atoms with Gasteiger partial charge in [0.2, 0.25) is 21.8 Å². The van der Waals surface area contributed by atoms with Crippen LogP contribution in [0.4, 0.5) is 5.69 Å². The molecule has 0 unspecified atom stereocenters. The van der Waals surface area contributed by atoms with E-state index in [0.29, 0.717) is 22.0 Å². The molecule has 1 amide bonds. The molecule has 0 radical (unpaired) electrons. The third-order valence-corrected chi connectivity index (χ3v) is 5.72. The van der Waals surface area contributed by atoms with Gasteiger partial charge in [-0.05, 0) is 49.7 Å². The van der Waals surface area contributed by atoms with E-state index in [0.717, 1.165) is 0 Å². The van der Waals surface area contributed by atoms with Crippen molar-refractivity contribution in [2.45, 2.75) is 31.3 Å². The summed E-state index contributed by atoms with van der Waals surface area (Å²) in [6.45, 7) is 3.61. The average molecular weight is 415 g/mol. The van der Waals surface area contributed by atoms with Crippen LogP contribution in [0.5, 0.6) is 5.88 Å². The molecule has 1 aromatic heterocycles. The van der Waals surface area contributed by atoms with Gasteiger partial charge in [-0.3, -0.25) is 4.79 Å². The van der Waals surface area contributed by atoms with Crippen LogP contribution in [0, 0.1) is 0 Å². The molecule has 9 nitrogen and oxygen atoms in total. The minimum atomic E-state index is -3.70. The van der Waals surface area contributed by atoms with Gasteiger partial charge < -0.3 is 15.8 Å². The van der Waals surface area contributed by atoms with Crippen LogP contribution in [0.25, 0.3) is 10.9 Å². The van der Waals surface area contributed by atoms with Crippen molar-refractivity contribution in [3.8, 4) is 5.88 Å². The molecule has 29 heavy (non-hydrogen) atoms. The number of fused-ring (bicyclic) bond motifs is 1. The first-order chi connectivity index (χ1) is 13.7. The van der Waals surface area contributed by atoms with Crippen LogP contribution in [0.3, 0.4) is 0 Å². The van der Waals surface area contributed by atoms with Crippen molar-refractivity contribution in [1.82, 2.24) is 9.71 Å². The largest absolute Gasteiger partial charge is 0.493 e. The smallest absolute Gasteiger partial charge is 0.248 e. The predicted molar refractivity (Wildman–Crippen MR) is 109 cm³/mol. The van der Waals surface area contributed by atoms with Crippen LogP contribution >= 0.6 is 0 Å². The van der Waals surface area contributed by atoms with Gasteiger partial charge in [0, 0.05) is 17.0 Å². The summed E-state index contributed by atoms with van der Waals surface area (Å²) in [4.78, 5) is 14.1. The maximum Gasteiger partial charge on any atom is 0.248 e. The quantitative estimate of drug-likeness (QED) is 0.439. The van der Waals surface area contributed by atoms with E-state index >= 15 is 0 Å². The molecule has 1 heterocycles. The Balaban J connectivity index is 1.92. The van der Waals surface area contributed by atoms with Crippen molar-refractivity contribution in [2.75, 3.05) is 0 Å². The summed E-state index contributed by atoms with van der Waals surface area (Å²) in [6, 6.07) is 10.8. The van der Waals surface area contributed by atoms with Gasteiger partial charge in [-0.15, -0.1) is 5.11 Å². The van der Waals surface area contributed by atoms with E-state index in [2.05, 4.69) is 19.9 Å². The summed E-state index contributed by atoms with van der Waals surface area (Å²) in [5.41, 5.74) is 7.00. The zero-order valence-electron chi connectivity index (χ0n) is 15.9. The van der Waals surface area contributed by atoms with Crippen molar-refractivity contribution >= 4 is 32.5 Å². The number of nitrogens with zero attached hydrogens (tertiary/aromatic N) is 2. The second-order valence-electron chi connectivity index (χ2n) is 6.77. The molecule has 2 aromatic carbocycles. The standard InChI is InChI=1S/C19H21N5O4S/c1-11(2)24-29(27,28)14-6-7-16-15(9-14)17(19(26)22-16)23-21-10-12-4-3-5-13(8-12)18(20)25/h3-9,11,22,24,26H,10H2,1-2H3,(H2,20,25). The van der Waals surface area contributed by atoms with Crippen molar-refractivity contribution < 1.29 is 18.3 Å². The van der Waals surface area contributed by atoms with Gasteiger partial charge in [0.1, 0.15) is 0 Å². The van der Waals surface area contributed by atoms with E-state index in [9.17, 15) is 18.3 Å². The Kier molecular flexibility index (Phi) is 5.66. The van der Waals surface area contributed by atoms with Crippen molar-refractivity contribution in [2.24, 2.45) is 16.0 Å². The molecule has 0 bridgehead atoms. The van der Waals surface area contributed by atoms with Gasteiger partial charge in [0.05, 0.1) is 17.0 Å². The summed E-state index contributed by atoms with van der Waals surface area (Å²) in [7, 11) is -3.70. The van der Waals surface area contributed by atoms with Gasteiger partial charge in [0.25, 0.3) is 0 Å². The van der Waals surface area contributed by atoms with E-state index in [1.807, 2.05) is 0 Å². The number of primary amides is 1. The first kappa shape index (κ1) is 20.5. The molecule has 10 heteroatoms. The average Bonchev–Trinajstić information content (AvgIpc) is 2.95. The van der Waals surface area contributed by atoms with Crippen LogP contribution in [-0.2, 0) is 16.6 Å². The van der Waals surface area contributed by atoms with Crippen LogP contribution in [0.15, 0.2) is 57.6 Å². The van der Waals surface area contributed by atoms with Crippen molar-refractivity contribution in [1.29, 1.82) is 0 Å². The molecule has 5 N–H and O–H groups in total. The number of benzene rings is 2. The molecule has 0 aliphatic rings. The highest BCUT2D eigenvalue weighted by Crippen LogP contribution is 2.36. The number of aromatic amines is 1. The third-order valence-electron chi connectivity index (χ3n) is 4.06. The lowest BCUT2D eigenvalue weighted by Crippen LogP contribution is -2.30. The summed E-state index contributed by atoms with van der Waals surface area (Å²) in [5.74, 6) is -0.761. The maximum atomic E-state index is 12.4. The Labute approximate surface area is 167 Å². The monoisotopic (exact) mass is 415 g/mol. The molecule has 0 atom stereocenters. The number of rotatable bonds is 7. The number of sulfonamides is 1. The molecule has 3 rings (SSSR count). The summed E-state index contributed by atoms with van der Waals surface area (Å²) < 4.78 is 27.3. The highest BCUT2D eigenvalue weighted by atomic mass is 32.2. The number of nitrogens with two attached hydrogens (primary N) is 1. The molecule has 0 aliphatic carbocycles. The molecule has 0 saturated carbocycles. The first-order valence-corrected chi connectivity index (χ1v) is 10.3. The zero-order chi connectivity index (χ0) is 21.2. The SMILES string of the molecule is CC(C)NS(=O)(=O)c1ccc2[nH]c(O)c(N=NCc3cccc(C(N)=O)c3)c2c1. The molecule has 0 aliphatic heterocycles. The fourth-order valence-electron chi connectivity index (χ4n) is 2.80. The maximum absolute atomic E-state index is 12.4. The number of amides is 1. The Bertz CT molecular complexity index is 1200. The highest BCUT2D eigenvalue weighted by molar-refractivity contribution is 7.89. The fraction of sp³-hybridized carbons (Fsp3) is 0.211. The first-order valence-electron chi connectivity index (χ1n) is 8.80. The number of carbonyl (C=O) groups excluding carboxylic acids is 1. The van der Waals surface area contributed by atoms with E-state index in [1.165, 1.54) is 12.1 Å². The summed E-state index contributed by atoms with van der Waals surface area (Å²) in [5, 5.41) is 18.7. The number of H-pyrrole nitrogens is 1. The highest BCUT2D eigenvalue weighted by Gasteiger charge is 2.18. The lowest BCUT2D eigenvalue weighted by Gasteiger charge is -2.09. The molecule has 152 valence electrons. The lowest BCUT2D eigenvalue weighted by molar-refractivity contribution is 0.1000. The van der Waals surface area contributed by atoms with Gasteiger partial charge in [0.15, 0.2) is 5.69 Å². The van der Waals surface area contributed by atoms with Crippen LogP contribution in [-0.4, -0.2) is 30.5 Å². The van der Waals surface area contributed by atoms with Crippen molar-refractivity contribution in [3.63, 3.8) is 0 Å². The van der Waals surface area contributed by atoms with Gasteiger partial charge in [-0.2, -0.15) is 5.11 Å². The third kappa shape index (κ3) is 4.61. The fourth-order valence-corrected chi connectivity index (χ4v) is 4.08. The number of hydrogen-bond acceptors (Lipinski definition) is 6. The Morgan fingerprint density at radius 2 is 2.00 bits per heavy atom. The van der Waals surface area contributed by atoms with Crippen molar-refractivity contribution in [3.05, 3.63) is 53.6 Å². The second-order valence-corrected chi connectivity index (χ2v) is 8.48. The molecular formula is C19H21N5O4S. The van der Waals surface area contributed by atoms with E-state index < -0.39 is 15.9 Å². The zero-order valence-corrected chi connectivity index (χ0v) is 16.7. The molecule has 3 aromatic rings.